The molecule has 0 aromatic heterocycles. The van der Waals surface area contributed by atoms with Gasteiger partial charge in [0.2, 0.25) is 0 Å². The van der Waals surface area contributed by atoms with Crippen LogP contribution in [0.1, 0.15) is 22.8 Å². The highest BCUT2D eigenvalue weighted by Gasteiger charge is 2.22. The molecule has 3 rings (SSSR count). The molecule has 0 bridgehead atoms. The molecule has 1 N–H and O–H groups in total. The Bertz CT molecular complexity index is 676. The number of rotatable bonds is 3. The fraction of sp³-hybridized carbons (Fsp3) is 0.278. The number of likely N-dealkylation sites (N-methyl/N-ethyl adjacent to an activating group) is 1. The minimum absolute atomic E-state index is 0. The van der Waals surface area contributed by atoms with Gasteiger partial charge in [-0.3, -0.25) is 0 Å². The molecule has 1 heterocycles. The van der Waals surface area contributed by atoms with Gasteiger partial charge in [0, 0.05) is 6.54 Å². The number of fused-ring (bicyclic) bond motifs is 1. The lowest BCUT2D eigenvalue weighted by Crippen LogP contribution is -2.25. The summed E-state index contributed by atoms with van der Waals surface area (Å²) < 4.78 is 5.87. The topological polar surface area (TPSA) is 45.0 Å². The van der Waals surface area contributed by atoms with Crippen molar-refractivity contribution in [3.8, 4) is 17.2 Å². The van der Waals surface area contributed by atoms with Gasteiger partial charge in [-0.15, -0.1) is 12.4 Å². The van der Waals surface area contributed by atoms with Crippen molar-refractivity contribution in [2.24, 2.45) is 0 Å². The quantitative estimate of drug-likeness (QED) is 0.943. The highest BCUT2D eigenvalue weighted by molar-refractivity contribution is 5.85. The van der Waals surface area contributed by atoms with Crippen LogP contribution in [0.15, 0.2) is 42.5 Å². The average Bonchev–Trinajstić information content (AvgIpc) is 2.55. The molecule has 22 heavy (non-hydrogen) atoms. The third-order valence-corrected chi connectivity index (χ3v) is 3.94. The number of nitriles is 1. The zero-order chi connectivity index (χ0) is 14.7. The van der Waals surface area contributed by atoms with Gasteiger partial charge in [0.1, 0.15) is 0 Å². The van der Waals surface area contributed by atoms with Gasteiger partial charge < -0.3 is 10.1 Å². The van der Waals surface area contributed by atoms with Crippen LogP contribution in [0.4, 0.5) is 0 Å². The van der Waals surface area contributed by atoms with Gasteiger partial charge >= 0.3 is 0 Å². The Hall–Kier alpha value is -1.86. The molecule has 0 aliphatic carbocycles. The summed E-state index contributed by atoms with van der Waals surface area (Å²) in [7, 11) is 1.95. The maximum Gasteiger partial charge on any atom is 0.0991 e. The second-order valence-corrected chi connectivity index (χ2v) is 5.23. The molecule has 0 spiro atoms. The lowest BCUT2D eigenvalue weighted by molar-refractivity contribution is 0.0440. The molecule has 0 unspecified atom stereocenters. The predicted molar refractivity (Wildman–Crippen MR) is 90.2 cm³/mol. The van der Waals surface area contributed by atoms with Crippen molar-refractivity contribution in [1.82, 2.24) is 5.32 Å². The van der Waals surface area contributed by atoms with Crippen LogP contribution in [0, 0.1) is 11.3 Å². The second kappa shape index (κ2) is 7.42. The normalized spacial score (nSPS) is 16.3. The van der Waals surface area contributed by atoms with E-state index in [0.29, 0.717) is 5.56 Å². The third-order valence-electron chi connectivity index (χ3n) is 3.94. The molecule has 1 atom stereocenters. The summed E-state index contributed by atoms with van der Waals surface area (Å²) in [6.07, 6.45) is 1.06. The van der Waals surface area contributed by atoms with E-state index in [-0.39, 0.29) is 18.5 Å². The van der Waals surface area contributed by atoms with E-state index >= 15 is 0 Å². The van der Waals surface area contributed by atoms with Crippen LogP contribution in [0.2, 0.25) is 0 Å². The number of hydrogen-bond donors (Lipinski definition) is 1. The summed E-state index contributed by atoms with van der Waals surface area (Å²) in [5.41, 5.74) is 5.75. The Labute approximate surface area is 137 Å². The van der Waals surface area contributed by atoms with Gasteiger partial charge in [-0.05, 0) is 47.9 Å². The van der Waals surface area contributed by atoms with Gasteiger partial charge in [0.25, 0.3) is 0 Å². The number of hydrogen-bond acceptors (Lipinski definition) is 3. The SMILES string of the molecule is CNC[C@@H]1OCCc2c(-c3ccc(C#N)cc3)cccc21.Cl. The van der Waals surface area contributed by atoms with Gasteiger partial charge in [-0.1, -0.05) is 30.3 Å². The van der Waals surface area contributed by atoms with Gasteiger partial charge in [-0.2, -0.15) is 5.26 Å². The number of nitrogens with one attached hydrogen (secondary N) is 1. The molecule has 114 valence electrons. The summed E-state index contributed by atoms with van der Waals surface area (Å²) in [4.78, 5) is 0. The first-order valence-corrected chi connectivity index (χ1v) is 7.22. The van der Waals surface area contributed by atoms with Crippen molar-refractivity contribution < 1.29 is 4.74 Å². The Kier molecular flexibility index (Phi) is 5.57. The van der Waals surface area contributed by atoms with E-state index in [0.717, 1.165) is 25.1 Å². The summed E-state index contributed by atoms with van der Waals surface area (Å²) in [5.74, 6) is 0. The molecule has 0 radical (unpaired) electrons. The van der Waals surface area contributed by atoms with Crippen molar-refractivity contribution in [3.05, 3.63) is 59.2 Å². The summed E-state index contributed by atoms with van der Waals surface area (Å²) >= 11 is 0. The number of ether oxygens (including phenoxy) is 1. The zero-order valence-electron chi connectivity index (χ0n) is 12.5. The Balaban J connectivity index is 0.00000176. The van der Waals surface area contributed by atoms with Crippen molar-refractivity contribution in [3.63, 3.8) is 0 Å². The van der Waals surface area contributed by atoms with E-state index in [1.54, 1.807) is 0 Å². The molecule has 0 saturated heterocycles. The van der Waals surface area contributed by atoms with Crippen molar-refractivity contribution >= 4 is 12.4 Å². The van der Waals surface area contributed by atoms with Crippen LogP contribution in [-0.2, 0) is 11.2 Å². The van der Waals surface area contributed by atoms with Crippen LogP contribution in [0.25, 0.3) is 11.1 Å². The van der Waals surface area contributed by atoms with Crippen molar-refractivity contribution in [2.45, 2.75) is 12.5 Å². The monoisotopic (exact) mass is 314 g/mol. The lowest BCUT2D eigenvalue weighted by atomic mass is 9.89. The van der Waals surface area contributed by atoms with E-state index < -0.39 is 0 Å². The van der Waals surface area contributed by atoms with E-state index in [2.05, 4.69) is 29.6 Å². The number of nitrogens with zero attached hydrogens (tertiary/aromatic N) is 1. The number of halogens is 1. The second-order valence-electron chi connectivity index (χ2n) is 5.23. The Morgan fingerprint density at radius 2 is 2.00 bits per heavy atom. The van der Waals surface area contributed by atoms with E-state index in [1.165, 1.54) is 16.7 Å². The minimum Gasteiger partial charge on any atom is -0.372 e. The molecule has 3 nitrogen and oxygen atoms in total. The van der Waals surface area contributed by atoms with Crippen molar-refractivity contribution in [1.29, 1.82) is 5.26 Å². The van der Waals surface area contributed by atoms with E-state index in [4.69, 9.17) is 10.00 Å². The first-order chi connectivity index (χ1) is 10.3. The third kappa shape index (κ3) is 3.15. The summed E-state index contributed by atoms with van der Waals surface area (Å²) in [6.45, 7) is 1.58. The fourth-order valence-electron chi connectivity index (χ4n) is 2.93. The Morgan fingerprint density at radius 3 is 2.68 bits per heavy atom. The molecule has 1 aliphatic rings. The van der Waals surface area contributed by atoms with Crippen LogP contribution in [0.3, 0.4) is 0 Å². The van der Waals surface area contributed by atoms with Gasteiger partial charge in [-0.25, -0.2) is 0 Å². The van der Waals surface area contributed by atoms with Gasteiger partial charge in [0.05, 0.1) is 24.3 Å². The summed E-state index contributed by atoms with van der Waals surface area (Å²) in [6, 6.07) is 16.4. The van der Waals surface area contributed by atoms with Crippen molar-refractivity contribution in [2.75, 3.05) is 20.2 Å². The minimum atomic E-state index is 0. The Morgan fingerprint density at radius 1 is 1.23 bits per heavy atom. The smallest absolute Gasteiger partial charge is 0.0991 e. The molecular weight excluding hydrogens is 296 g/mol. The molecule has 2 aromatic rings. The molecule has 0 saturated carbocycles. The highest BCUT2D eigenvalue weighted by Crippen LogP contribution is 2.34. The lowest BCUT2D eigenvalue weighted by Gasteiger charge is -2.28. The van der Waals surface area contributed by atoms with Crippen LogP contribution in [-0.4, -0.2) is 20.2 Å². The molecular formula is C18H19ClN2O. The van der Waals surface area contributed by atoms with Gasteiger partial charge in [0.15, 0.2) is 0 Å². The maximum atomic E-state index is 8.91. The first-order valence-electron chi connectivity index (χ1n) is 7.22. The van der Waals surface area contributed by atoms with E-state index in [9.17, 15) is 0 Å². The fourth-order valence-corrected chi connectivity index (χ4v) is 2.93. The number of benzene rings is 2. The standard InChI is InChI=1S/C18H18N2O.ClH/c1-20-12-18-17-4-2-3-15(16(17)9-10-21-18)14-7-5-13(11-19)6-8-14;/h2-8,18,20H,9-10,12H2,1H3;1H/t18-;/m0./s1. The average molecular weight is 315 g/mol. The van der Waals surface area contributed by atoms with E-state index in [1.807, 2.05) is 31.3 Å². The molecule has 0 amide bonds. The summed E-state index contributed by atoms with van der Waals surface area (Å²) in [5, 5.41) is 12.1. The van der Waals surface area contributed by atoms with Crippen LogP contribution in [0.5, 0.6) is 0 Å². The molecule has 2 aromatic carbocycles. The predicted octanol–water partition coefficient (Wildman–Crippen LogP) is 3.48. The molecule has 0 fully saturated rings. The molecule has 4 heteroatoms. The largest absolute Gasteiger partial charge is 0.372 e. The zero-order valence-corrected chi connectivity index (χ0v) is 13.3. The van der Waals surface area contributed by atoms with Crippen LogP contribution < -0.4 is 5.32 Å². The molecule has 1 aliphatic heterocycles. The van der Waals surface area contributed by atoms with Crippen LogP contribution >= 0.6 is 12.4 Å². The first kappa shape index (κ1) is 16.5. The maximum absolute atomic E-state index is 8.91. The highest BCUT2D eigenvalue weighted by atomic mass is 35.5.